The standard InChI is InChI=1S/C13H13N5O4/c1-4-21-8(2)15-13-9(7-14)12(16-17(13)3)10-5-6-11(22-10)18(19)20/h5-6H,4H2,1-3H3. The van der Waals surface area contributed by atoms with Crippen LogP contribution in [0.2, 0.25) is 0 Å². The summed E-state index contributed by atoms with van der Waals surface area (Å²) in [7, 11) is 1.61. The molecule has 0 fully saturated rings. The van der Waals surface area contributed by atoms with E-state index in [0.717, 1.165) is 0 Å². The molecule has 0 amide bonds. The molecule has 114 valence electrons. The van der Waals surface area contributed by atoms with Crippen molar-refractivity contribution in [3.05, 3.63) is 27.8 Å². The van der Waals surface area contributed by atoms with Crippen LogP contribution < -0.4 is 0 Å². The highest BCUT2D eigenvalue weighted by atomic mass is 16.6. The average Bonchev–Trinajstić information content (AvgIpc) is 3.05. The van der Waals surface area contributed by atoms with Gasteiger partial charge in [-0.15, -0.1) is 0 Å². The molecule has 0 saturated heterocycles. The maximum atomic E-state index is 10.7. The van der Waals surface area contributed by atoms with Crippen LogP contribution in [0.1, 0.15) is 19.4 Å². The van der Waals surface area contributed by atoms with Crippen LogP contribution in [0.4, 0.5) is 11.7 Å². The number of hydrogen-bond donors (Lipinski definition) is 0. The third kappa shape index (κ3) is 2.80. The number of nitriles is 1. The molecule has 0 aromatic carbocycles. The van der Waals surface area contributed by atoms with Crippen molar-refractivity contribution in [3.8, 4) is 17.5 Å². The normalized spacial score (nSPS) is 11.3. The largest absolute Gasteiger partial charge is 0.481 e. The van der Waals surface area contributed by atoms with Gasteiger partial charge in [-0.05, 0) is 13.0 Å². The number of aliphatic imine (C=N–C) groups is 1. The molecule has 9 nitrogen and oxygen atoms in total. The minimum Gasteiger partial charge on any atom is -0.481 e. The lowest BCUT2D eigenvalue weighted by molar-refractivity contribution is -0.401. The minimum absolute atomic E-state index is 0.134. The van der Waals surface area contributed by atoms with E-state index in [4.69, 9.17) is 9.15 Å². The predicted octanol–water partition coefficient (Wildman–Crippen LogP) is 2.55. The summed E-state index contributed by atoms with van der Waals surface area (Å²) >= 11 is 0. The molecule has 0 aliphatic heterocycles. The molecule has 0 saturated carbocycles. The fraction of sp³-hybridized carbons (Fsp3) is 0.308. The lowest BCUT2D eigenvalue weighted by Gasteiger charge is -2.01. The molecule has 2 aromatic rings. The van der Waals surface area contributed by atoms with Gasteiger partial charge in [0.2, 0.25) is 0 Å². The highest BCUT2D eigenvalue weighted by Crippen LogP contribution is 2.32. The van der Waals surface area contributed by atoms with Gasteiger partial charge in [-0.25, -0.2) is 4.68 Å². The molecule has 9 heteroatoms. The Bertz CT molecular complexity index is 781. The second-order valence-electron chi connectivity index (χ2n) is 4.24. The Morgan fingerprint density at radius 1 is 1.64 bits per heavy atom. The predicted molar refractivity (Wildman–Crippen MR) is 76.7 cm³/mol. The van der Waals surface area contributed by atoms with E-state index in [1.165, 1.54) is 16.8 Å². The summed E-state index contributed by atoms with van der Waals surface area (Å²) in [5.41, 5.74) is 0.354. The van der Waals surface area contributed by atoms with Gasteiger partial charge in [0.25, 0.3) is 0 Å². The van der Waals surface area contributed by atoms with E-state index < -0.39 is 10.8 Å². The Hall–Kier alpha value is -3.15. The number of rotatable bonds is 4. The van der Waals surface area contributed by atoms with Crippen molar-refractivity contribution >= 4 is 17.6 Å². The van der Waals surface area contributed by atoms with E-state index in [-0.39, 0.29) is 17.0 Å². The van der Waals surface area contributed by atoms with Crippen LogP contribution in [-0.2, 0) is 11.8 Å². The molecule has 2 heterocycles. The Kier molecular flexibility index (Phi) is 4.22. The summed E-state index contributed by atoms with van der Waals surface area (Å²) in [5.74, 6) is 0.399. The average molecular weight is 303 g/mol. The Balaban J connectivity index is 2.52. The smallest absolute Gasteiger partial charge is 0.433 e. The van der Waals surface area contributed by atoms with Crippen LogP contribution in [0, 0.1) is 21.4 Å². The Labute approximate surface area is 125 Å². The first-order valence-corrected chi connectivity index (χ1v) is 6.37. The zero-order valence-electron chi connectivity index (χ0n) is 12.2. The molecule has 0 N–H and O–H groups in total. The molecule has 0 radical (unpaired) electrons. The highest BCUT2D eigenvalue weighted by molar-refractivity contribution is 5.79. The summed E-state index contributed by atoms with van der Waals surface area (Å²) in [5, 5.41) is 24.2. The molecule has 0 atom stereocenters. The molecule has 0 aliphatic carbocycles. The van der Waals surface area contributed by atoms with Crippen molar-refractivity contribution in [1.29, 1.82) is 5.26 Å². The van der Waals surface area contributed by atoms with Gasteiger partial charge in [0.1, 0.15) is 22.2 Å². The summed E-state index contributed by atoms with van der Waals surface area (Å²) in [6, 6.07) is 4.59. The molecule has 0 bridgehead atoms. The highest BCUT2D eigenvalue weighted by Gasteiger charge is 2.22. The number of ether oxygens (including phenoxy) is 1. The van der Waals surface area contributed by atoms with Gasteiger partial charge < -0.3 is 9.15 Å². The fourth-order valence-electron chi connectivity index (χ4n) is 1.86. The Morgan fingerprint density at radius 3 is 2.91 bits per heavy atom. The lowest BCUT2D eigenvalue weighted by Crippen LogP contribution is -1.99. The third-order valence-electron chi connectivity index (χ3n) is 2.75. The number of nitro groups is 1. The van der Waals surface area contributed by atoms with Crippen LogP contribution in [-0.4, -0.2) is 27.2 Å². The topological polar surface area (TPSA) is 119 Å². The molecule has 22 heavy (non-hydrogen) atoms. The van der Waals surface area contributed by atoms with Crippen molar-refractivity contribution in [2.45, 2.75) is 13.8 Å². The summed E-state index contributed by atoms with van der Waals surface area (Å²) < 4.78 is 11.7. The number of aromatic nitrogens is 2. The fourth-order valence-corrected chi connectivity index (χ4v) is 1.86. The summed E-state index contributed by atoms with van der Waals surface area (Å²) in [6.07, 6.45) is 0. The lowest BCUT2D eigenvalue weighted by atomic mass is 10.2. The second-order valence-corrected chi connectivity index (χ2v) is 4.24. The minimum atomic E-state index is -0.656. The van der Waals surface area contributed by atoms with Gasteiger partial charge in [-0.1, -0.05) is 0 Å². The van der Waals surface area contributed by atoms with Crippen LogP contribution in [0.3, 0.4) is 0 Å². The van der Waals surface area contributed by atoms with E-state index in [1.54, 1.807) is 14.0 Å². The van der Waals surface area contributed by atoms with Gasteiger partial charge >= 0.3 is 5.88 Å². The van der Waals surface area contributed by atoms with Crippen LogP contribution in [0.15, 0.2) is 21.5 Å². The molecular formula is C13H13N5O4. The van der Waals surface area contributed by atoms with Crippen molar-refractivity contribution < 1.29 is 14.1 Å². The summed E-state index contributed by atoms with van der Waals surface area (Å²) in [4.78, 5) is 14.2. The van der Waals surface area contributed by atoms with Crippen LogP contribution in [0.5, 0.6) is 0 Å². The van der Waals surface area contributed by atoms with Crippen molar-refractivity contribution in [2.24, 2.45) is 12.0 Å². The zero-order valence-corrected chi connectivity index (χ0v) is 12.2. The van der Waals surface area contributed by atoms with Crippen LogP contribution in [0.25, 0.3) is 11.5 Å². The number of nitrogens with zero attached hydrogens (tertiary/aromatic N) is 5. The molecule has 2 aromatic heterocycles. The zero-order chi connectivity index (χ0) is 16.3. The second kappa shape index (κ2) is 6.09. The van der Waals surface area contributed by atoms with E-state index >= 15 is 0 Å². The maximum Gasteiger partial charge on any atom is 0.433 e. The monoisotopic (exact) mass is 303 g/mol. The Morgan fingerprint density at radius 2 is 2.36 bits per heavy atom. The molecular weight excluding hydrogens is 290 g/mol. The van der Waals surface area contributed by atoms with Crippen molar-refractivity contribution in [2.75, 3.05) is 6.61 Å². The van der Waals surface area contributed by atoms with Gasteiger partial charge in [0.15, 0.2) is 17.5 Å². The van der Waals surface area contributed by atoms with Gasteiger partial charge in [-0.3, -0.25) is 10.1 Å². The quantitative estimate of drug-likeness (QED) is 0.370. The van der Waals surface area contributed by atoms with E-state index in [0.29, 0.717) is 18.3 Å². The van der Waals surface area contributed by atoms with E-state index in [1.807, 2.05) is 13.0 Å². The number of furan rings is 1. The first-order valence-electron chi connectivity index (χ1n) is 6.37. The van der Waals surface area contributed by atoms with E-state index in [2.05, 4.69) is 10.1 Å². The molecule has 0 aliphatic rings. The first-order chi connectivity index (χ1) is 10.5. The van der Waals surface area contributed by atoms with Gasteiger partial charge in [-0.2, -0.15) is 15.4 Å². The molecule has 2 rings (SSSR count). The maximum absolute atomic E-state index is 10.7. The SMILES string of the molecule is CCOC(C)=Nc1c(C#N)c(-c2ccc([N+](=O)[O-])o2)nn1C. The summed E-state index contributed by atoms with van der Waals surface area (Å²) in [6.45, 7) is 3.93. The molecule has 0 unspecified atom stereocenters. The number of hydrogen-bond acceptors (Lipinski definition) is 7. The van der Waals surface area contributed by atoms with Gasteiger partial charge in [0.05, 0.1) is 12.7 Å². The first kappa shape index (κ1) is 15.2. The van der Waals surface area contributed by atoms with Crippen LogP contribution >= 0.6 is 0 Å². The van der Waals surface area contributed by atoms with Gasteiger partial charge in [0, 0.05) is 14.0 Å². The van der Waals surface area contributed by atoms with Crippen molar-refractivity contribution in [3.63, 3.8) is 0 Å². The number of aryl methyl sites for hydroxylation is 1. The third-order valence-corrected chi connectivity index (χ3v) is 2.75. The molecule has 0 spiro atoms. The van der Waals surface area contributed by atoms with E-state index in [9.17, 15) is 15.4 Å². The van der Waals surface area contributed by atoms with Crippen molar-refractivity contribution in [1.82, 2.24) is 9.78 Å².